The summed E-state index contributed by atoms with van der Waals surface area (Å²) in [6, 6.07) is 14.6. The number of hydrogen-bond donors (Lipinski definition) is 1. The predicted molar refractivity (Wildman–Crippen MR) is 97.6 cm³/mol. The van der Waals surface area contributed by atoms with Gasteiger partial charge in [-0.15, -0.1) is 10.2 Å². The lowest BCUT2D eigenvalue weighted by atomic mass is 10.1. The molecule has 0 saturated heterocycles. The minimum Gasteiger partial charge on any atom is -0.495 e. The maximum atomic E-state index is 12.9. The minimum absolute atomic E-state index is 0.234. The molecule has 26 heavy (non-hydrogen) atoms. The molecule has 4 aromatic rings. The van der Waals surface area contributed by atoms with Crippen LogP contribution in [-0.2, 0) is 0 Å². The fourth-order valence-corrected chi connectivity index (χ4v) is 2.78. The van der Waals surface area contributed by atoms with E-state index in [4.69, 9.17) is 4.74 Å². The van der Waals surface area contributed by atoms with Crippen LogP contribution in [0.2, 0.25) is 0 Å². The topological polar surface area (TPSA) is 81.9 Å². The number of rotatable bonds is 4. The maximum absolute atomic E-state index is 12.9. The monoisotopic (exact) mass is 345 g/mol. The molecule has 0 aliphatic carbocycles. The molecule has 2 aromatic carbocycles. The van der Waals surface area contributed by atoms with Gasteiger partial charge in [0.2, 0.25) is 0 Å². The molecule has 7 nitrogen and oxygen atoms in total. The second-order valence-electron chi connectivity index (χ2n) is 5.58. The molecule has 0 atom stereocenters. The summed E-state index contributed by atoms with van der Waals surface area (Å²) in [5.41, 5.74) is 2.69. The highest BCUT2D eigenvalue weighted by atomic mass is 16.5. The van der Waals surface area contributed by atoms with Gasteiger partial charge in [-0.05, 0) is 36.4 Å². The van der Waals surface area contributed by atoms with E-state index < -0.39 is 0 Å². The Morgan fingerprint density at radius 2 is 1.92 bits per heavy atom. The number of pyridine rings is 1. The van der Waals surface area contributed by atoms with Crippen LogP contribution >= 0.6 is 0 Å². The first-order chi connectivity index (χ1) is 12.8. The van der Waals surface area contributed by atoms with Crippen LogP contribution in [0.25, 0.3) is 16.6 Å². The van der Waals surface area contributed by atoms with Gasteiger partial charge in [0.1, 0.15) is 18.4 Å². The first-order valence-electron chi connectivity index (χ1n) is 7.94. The van der Waals surface area contributed by atoms with Crippen LogP contribution in [0.5, 0.6) is 5.75 Å². The van der Waals surface area contributed by atoms with Crippen molar-refractivity contribution in [1.29, 1.82) is 0 Å². The van der Waals surface area contributed by atoms with Gasteiger partial charge >= 0.3 is 0 Å². The van der Waals surface area contributed by atoms with Crippen LogP contribution < -0.4 is 10.1 Å². The molecule has 2 aromatic heterocycles. The van der Waals surface area contributed by atoms with E-state index >= 15 is 0 Å². The van der Waals surface area contributed by atoms with E-state index in [-0.39, 0.29) is 5.91 Å². The number of nitrogens with one attached hydrogen (secondary N) is 1. The molecule has 128 valence electrons. The quantitative estimate of drug-likeness (QED) is 0.615. The molecule has 0 bridgehead atoms. The van der Waals surface area contributed by atoms with Gasteiger partial charge in [0.25, 0.3) is 5.91 Å². The van der Waals surface area contributed by atoms with E-state index in [2.05, 4.69) is 20.5 Å². The average molecular weight is 345 g/mol. The molecule has 0 aliphatic rings. The van der Waals surface area contributed by atoms with Gasteiger partial charge in [0.15, 0.2) is 0 Å². The summed E-state index contributed by atoms with van der Waals surface area (Å²) < 4.78 is 7.12. The number of aromatic nitrogens is 4. The molecule has 0 spiro atoms. The Labute approximate surface area is 149 Å². The van der Waals surface area contributed by atoms with E-state index in [0.717, 1.165) is 16.6 Å². The van der Waals surface area contributed by atoms with Gasteiger partial charge < -0.3 is 10.1 Å². The summed E-state index contributed by atoms with van der Waals surface area (Å²) in [6.07, 6.45) is 4.88. The Kier molecular flexibility index (Phi) is 4.03. The number of fused-ring (bicyclic) bond motifs is 1. The molecule has 0 aliphatic heterocycles. The third-order valence-corrected chi connectivity index (χ3v) is 4.04. The van der Waals surface area contributed by atoms with Crippen LogP contribution in [0.3, 0.4) is 0 Å². The fourth-order valence-electron chi connectivity index (χ4n) is 2.78. The van der Waals surface area contributed by atoms with E-state index in [1.165, 1.54) is 0 Å². The average Bonchev–Trinajstić information content (AvgIpc) is 3.22. The number of carbonyl (C=O) groups excluding carboxylic acids is 1. The van der Waals surface area contributed by atoms with Crippen molar-refractivity contribution in [2.75, 3.05) is 12.4 Å². The Balaban J connectivity index is 1.72. The number of nitrogens with zero attached hydrogens (tertiary/aromatic N) is 4. The molecular formula is C19H15N5O2. The van der Waals surface area contributed by atoms with Crippen molar-refractivity contribution in [2.24, 2.45) is 0 Å². The summed E-state index contributed by atoms with van der Waals surface area (Å²) in [4.78, 5) is 17.2. The SMILES string of the molecule is COc1ccc(-n2cnnc2)cc1NC(=O)c1cccc2ncccc12. The first kappa shape index (κ1) is 15.8. The summed E-state index contributed by atoms with van der Waals surface area (Å²) in [5, 5.41) is 11.3. The van der Waals surface area contributed by atoms with Crippen molar-refractivity contribution < 1.29 is 9.53 Å². The highest BCUT2D eigenvalue weighted by molar-refractivity contribution is 6.12. The standard InChI is InChI=1S/C19H15N5O2/c1-26-18-8-7-13(24-11-21-22-12-24)10-17(18)23-19(25)15-4-2-6-16-14(15)5-3-9-20-16/h2-12H,1H3,(H,23,25). The van der Waals surface area contributed by atoms with Crippen molar-refractivity contribution in [1.82, 2.24) is 19.7 Å². The molecule has 2 heterocycles. The Morgan fingerprint density at radius 3 is 2.73 bits per heavy atom. The number of carbonyl (C=O) groups is 1. The number of anilines is 1. The predicted octanol–water partition coefficient (Wildman–Crippen LogP) is 3.08. The Bertz CT molecular complexity index is 1070. The Hall–Kier alpha value is -3.74. The van der Waals surface area contributed by atoms with Crippen LogP contribution in [0.1, 0.15) is 10.4 Å². The van der Waals surface area contributed by atoms with Crippen molar-refractivity contribution in [2.45, 2.75) is 0 Å². The second kappa shape index (κ2) is 6.64. The third-order valence-electron chi connectivity index (χ3n) is 4.04. The molecular weight excluding hydrogens is 330 g/mol. The summed E-state index contributed by atoms with van der Waals surface area (Å²) in [5.74, 6) is 0.330. The lowest BCUT2D eigenvalue weighted by molar-refractivity contribution is 0.102. The van der Waals surface area contributed by atoms with Gasteiger partial charge in [-0.2, -0.15) is 0 Å². The number of amides is 1. The highest BCUT2D eigenvalue weighted by Gasteiger charge is 2.14. The van der Waals surface area contributed by atoms with Crippen molar-refractivity contribution in [3.05, 3.63) is 72.9 Å². The second-order valence-corrected chi connectivity index (χ2v) is 5.58. The molecule has 0 unspecified atom stereocenters. The zero-order valence-corrected chi connectivity index (χ0v) is 14.0. The lowest BCUT2D eigenvalue weighted by Crippen LogP contribution is -2.13. The molecule has 0 saturated carbocycles. The van der Waals surface area contributed by atoms with E-state index in [1.807, 2.05) is 36.4 Å². The summed E-state index contributed by atoms with van der Waals surface area (Å²) in [6.45, 7) is 0. The smallest absolute Gasteiger partial charge is 0.256 e. The molecule has 0 fully saturated rings. The van der Waals surface area contributed by atoms with Crippen LogP contribution in [0.4, 0.5) is 5.69 Å². The molecule has 4 rings (SSSR count). The molecule has 7 heteroatoms. The van der Waals surface area contributed by atoms with Gasteiger partial charge in [0, 0.05) is 17.1 Å². The van der Waals surface area contributed by atoms with Gasteiger partial charge in [-0.25, -0.2) is 0 Å². The normalized spacial score (nSPS) is 10.7. The first-order valence-corrected chi connectivity index (χ1v) is 7.94. The molecule has 0 radical (unpaired) electrons. The largest absolute Gasteiger partial charge is 0.495 e. The minimum atomic E-state index is -0.234. The number of methoxy groups -OCH3 is 1. The maximum Gasteiger partial charge on any atom is 0.256 e. The third kappa shape index (κ3) is 2.86. The molecule has 1 N–H and O–H groups in total. The Morgan fingerprint density at radius 1 is 1.08 bits per heavy atom. The highest BCUT2D eigenvalue weighted by Crippen LogP contribution is 2.28. The van der Waals surface area contributed by atoms with Crippen molar-refractivity contribution in [3.8, 4) is 11.4 Å². The van der Waals surface area contributed by atoms with Crippen molar-refractivity contribution >= 4 is 22.5 Å². The number of ether oxygens (including phenoxy) is 1. The zero-order valence-electron chi connectivity index (χ0n) is 14.0. The van der Waals surface area contributed by atoms with Gasteiger partial charge in [-0.1, -0.05) is 12.1 Å². The lowest BCUT2D eigenvalue weighted by Gasteiger charge is -2.13. The summed E-state index contributed by atoms with van der Waals surface area (Å²) >= 11 is 0. The fraction of sp³-hybridized carbons (Fsp3) is 0.0526. The molecule has 1 amide bonds. The van der Waals surface area contributed by atoms with E-state index in [0.29, 0.717) is 17.0 Å². The van der Waals surface area contributed by atoms with Gasteiger partial charge in [0.05, 0.1) is 24.0 Å². The zero-order chi connectivity index (χ0) is 17.9. The van der Waals surface area contributed by atoms with Gasteiger partial charge in [-0.3, -0.25) is 14.3 Å². The summed E-state index contributed by atoms with van der Waals surface area (Å²) in [7, 11) is 1.56. The van der Waals surface area contributed by atoms with Crippen LogP contribution in [-0.4, -0.2) is 32.8 Å². The number of benzene rings is 2. The number of hydrogen-bond acceptors (Lipinski definition) is 5. The van der Waals surface area contributed by atoms with Crippen LogP contribution in [0, 0.1) is 0 Å². The van der Waals surface area contributed by atoms with E-state index in [9.17, 15) is 4.79 Å². The van der Waals surface area contributed by atoms with Crippen molar-refractivity contribution in [3.63, 3.8) is 0 Å². The van der Waals surface area contributed by atoms with E-state index in [1.54, 1.807) is 42.7 Å². The van der Waals surface area contributed by atoms with Crippen LogP contribution in [0.15, 0.2) is 67.4 Å².